The zero-order valence-corrected chi connectivity index (χ0v) is 18.7. The van der Waals surface area contributed by atoms with E-state index in [2.05, 4.69) is 15.3 Å². The number of rotatable bonds is 8. The Hall–Kier alpha value is -2.72. The Morgan fingerprint density at radius 2 is 1.88 bits per heavy atom. The molecule has 2 atom stereocenters. The molecule has 190 valence electrons. The second-order valence-corrected chi connectivity index (χ2v) is 8.08. The minimum Gasteiger partial charge on any atom is -0.370 e. The Bertz CT molecular complexity index is 964. The largest absolute Gasteiger partial charge is 0.370 e. The van der Waals surface area contributed by atoms with Crippen LogP contribution in [0.25, 0.3) is 0 Å². The van der Waals surface area contributed by atoms with Crippen molar-refractivity contribution in [1.82, 2.24) is 14.9 Å². The molecule has 0 amide bonds. The number of nitrogens with one attached hydrogen (secondary N) is 1. The molecule has 1 aromatic heterocycles. The molecule has 0 bridgehead atoms. The molecule has 1 saturated heterocycles. The maximum absolute atomic E-state index is 12.1. The van der Waals surface area contributed by atoms with E-state index in [0.29, 0.717) is 6.54 Å². The highest BCUT2D eigenvalue weighted by molar-refractivity contribution is 5.89. The summed E-state index contributed by atoms with van der Waals surface area (Å²) in [6.07, 6.45) is 0.737. The van der Waals surface area contributed by atoms with Gasteiger partial charge in [-0.3, -0.25) is 4.79 Å². The number of nitrogens with two attached hydrogens (primary N) is 1. The molecule has 0 aliphatic carbocycles. The summed E-state index contributed by atoms with van der Waals surface area (Å²) in [5, 5.41) is 94.3. The second-order valence-electron chi connectivity index (χ2n) is 8.08. The predicted molar refractivity (Wildman–Crippen MR) is 113 cm³/mol. The molecule has 1 aliphatic heterocycles. The highest BCUT2D eigenvalue weighted by Crippen LogP contribution is 2.45. The van der Waals surface area contributed by atoms with Gasteiger partial charge in [-0.2, -0.15) is 20.1 Å². The molecule has 34 heavy (non-hydrogen) atoms. The summed E-state index contributed by atoms with van der Waals surface area (Å²) in [5.74, 6) is -18.1. The maximum Gasteiger partial charge on any atom is 0.317 e. The molecular formula is C18H29N7O9. The lowest BCUT2D eigenvalue weighted by atomic mass is 9.80. The van der Waals surface area contributed by atoms with Crippen LogP contribution in [0.5, 0.6) is 0 Å². The zero-order chi connectivity index (χ0) is 26.3. The van der Waals surface area contributed by atoms with Crippen LogP contribution in [0.15, 0.2) is 6.07 Å². The van der Waals surface area contributed by atoms with Crippen LogP contribution in [-0.2, 0) is 4.79 Å². The number of hydrogen-bond donors (Lipinski definition) is 10. The van der Waals surface area contributed by atoms with Crippen LogP contribution >= 0.6 is 0 Å². The first kappa shape index (κ1) is 27.5. The van der Waals surface area contributed by atoms with E-state index in [1.165, 1.54) is 13.1 Å². The molecule has 2 unspecified atom stereocenters. The van der Waals surface area contributed by atoms with Gasteiger partial charge < -0.3 is 56.8 Å². The number of nitriles is 1. The number of hydrogen-bond acceptors (Lipinski definition) is 16. The highest BCUT2D eigenvalue weighted by atomic mass is 16.6. The van der Waals surface area contributed by atoms with Crippen molar-refractivity contribution in [2.45, 2.75) is 49.7 Å². The number of aliphatic hydroxyl groups is 8. The first-order chi connectivity index (χ1) is 15.4. The summed E-state index contributed by atoms with van der Waals surface area (Å²) < 4.78 is 0. The molecule has 0 spiro atoms. The number of likely N-dealkylation sites (tertiary alicyclic amines) is 1. The molecule has 1 aliphatic rings. The third kappa shape index (κ3) is 4.61. The van der Waals surface area contributed by atoms with Gasteiger partial charge in [-0.1, -0.05) is 13.8 Å². The fraction of sp³-hybridized carbons (Fsp3) is 0.667. The summed E-state index contributed by atoms with van der Waals surface area (Å²) in [6.45, 7) is 1.83. The number of anilines is 3. The van der Waals surface area contributed by atoms with Crippen molar-refractivity contribution in [1.29, 1.82) is 5.26 Å². The van der Waals surface area contributed by atoms with Crippen LogP contribution in [0, 0.1) is 17.2 Å². The normalized spacial score (nSPS) is 23.7. The lowest BCUT2D eigenvalue weighted by Gasteiger charge is -2.59. The number of likely N-dealkylation sites (N-methyl/N-ethyl adjacent to an activating group) is 1. The summed E-state index contributed by atoms with van der Waals surface area (Å²) in [5.41, 5.74) is 5.72. The molecule has 0 aromatic carbocycles. The Labute approximate surface area is 193 Å². The number of nitrogen functional groups attached to an aromatic ring is 1. The van der Waals surface area contributed by atoms with Gasteiger partial charge >= 0.3 is 5.79 Å². The number of piperidine rings is 1. The Morgan fingerprint density at radius 1 is 1.29 bits per heavy atom. The minimum absolute atomic E-state index is 0.0587. The molecule has 2 heterocycles. The van der Waals surface area contributed by atoms with Gasteiger partial charge in [-0.05, 0) is 6.42 Å². The summed E-state index contributed by atoms with van der Waals surface area (Å²) in [4.78, 5) is 20.8. The lowest BCUT2D eigenvalue weighted by molar-refractivity contribution is -0.505. The van der Waals surface area contributed by atoms with Crippen molar-refractivity contribution < 1.29 is 45.6 Å². The van der Waals surface area contributed by atoms with E-state index >= 15 is 0 Å². The Morgan fingerprint density at radius 3 is 2.41 bits per heavy atom. The Balaban J connectivity index is 2.59. The van der Waals surface area contributed by atoms with E-state index in [1.54, 1.807) is 0 Å². The number of nitrogens with zero attached hydrogens (tertiary/aromatic N) is 5. The van der Waals surface area contributed by atoms with Gasteiger partial charge in [0.25, 0.3) is 11.8 Å². The van der Waals surface area contributed by atoms with Crippen molar-refractivity contribution in [3.8, 4) is 6.07 Å². The van der Waals surface area contributed by atoms with Gasteiger partial charge in [0.2, 0.25) is 17.5 Å². The topological polar surface area (TPSA) is 273 Å². The first-order valence-corrected chi connectivity index (χ1v) is 10.1. The van der Waals surface area contributed by atoms with Gasteiger partial charge in [-0.25, -0.2) is 0 Å². The molecule has 0 saturated carbocycles. The van der Waals surface area contributed by atoms with Crippen molar-refractivity contribution in [2.75, 3.05) is 36.1 Å². The quantitative estimate of drug-likeness (QED) is 0.122. The summed E-state index contributed by atoms with van der Waals surface area (Å²) >= 11 is 0. The van der Waals surface area contributed by atoms with Gasteiger partial charge in [0, 0.05) is 25.6 Å². The average Bonchev–Trinajstić information content (AvgIpc) is 2.73. The fourth-order valence-corrected chi connectivity index (χ4v) is 3.71. The third-order valence-electron chi connectivity index (χ3n) is 5.68. The first-order valence-electron chi connectivity index (χ1n) is 10.1. The minimum atomic E-state index is -3.91. The molecule has 1 fully saturated rings. The van der Waals surface area contributed by atoms with Crippen molar-refractivity contribution >= 4 is 23.4 Å². The molecule has 16 heteroatoms. The standard InChI is InChI=1S/C18H29N7O9/c1-4-5-21-11-6-12(23-14(20)22-11)24(3)13-9(2)16(29,30)18(33,34)25(17(13,31)32)7-10(26)15(27,28)8-19/h6,9,13,27-34H,4-5,7H2,1-3H3,(H3,20,21,22,23). The Kier molecular flexibility index (Phi) is 7.40. The van der Waals surface area contributed by atoms with Crippen LogP contribution in [0.2, 0.25) is 0 Å². The van der Waals surface area contributed by atoms with Crippen LogP contribution in [-0.4, -0.2) is 111 Å². The van der Waals surface area contributed by atoms with Gasteiger partial charge in [0.1, 0.15) is 23.7 Å². The van der Waals surface area contributed by atoms with Crippen LogP contribution < -0.4 is 16.0 Å². The van der Waals surface area contributed by atoms with Crippen molar-refractivity contribution in [2.24, 2.45) is 5.92 Å². The van der Waals surface area contributed by atoms with Crippen molar-refractivity contribution in [3.05, 3.63) is 6.07 Å². The molecule has 0 radical (unpaired) electrons. The lowest BCUT2D eigenvalue weighted by Crippen LogP contribution is -2.84. The highest BCUT2D eigenvalue weighted by Gasteiger charge is 2.71. The van der Waals surface area contributed by atoms with E-state index in [4.69, 9.17) is 11.0 Å². The van der Waals surface area contributed by atoms with E-state index in [0.717, 1.165) is 24.3 Å². The van der Waals surface area contributed by atoms with E-state index in [1.807, 2.05) is 6.92 Å². The molecule has 1 aromatic rings. The van der Waals surface area contributed by atoms with Crippen LogP contribution in [0.3, 0.4) is 0 Å². The monoisotopic (exact) mass is 487 g/mol. The number of carbonyl (C=O) groups is 1. The molecular weight excluding hydrogens is 458 g/mol. The van der Waals surface area contributed by atoms with E-state index in [-0.39, 0.29) is 22.5 Å². The van der Waals surface area contributed by atoms with E-state index < -0.39 is 47.7 Å². The van der Waals surface area contributed by atoms with Gasteiger partial charge in [0.05, 0.1) is 6.54 Å². The zero-order valence-electron chi connectivity index (χ0n) is 18.7. The number of aromatic nitrogens is 2. The molecule has 11 N–H and O–H groups in total. The van der Waals surface area contributed by atoms with Crippen LogP contribution in [0.1, 0.15) is 20.3 Å². The maximum atomic E-state index is 12.1. The number of ketones is 1. The molecule has 16 nitrogen and oxygen atoms in total. The van der Waals surface area contributed by atoms with E-state index in [9.17, 15) is 45.6 Å². The summed E-state index contributed by atoms with van der Waals surface area (Å²) in [6, 6.07) is 0.332. The number of carbonyl (C=O) groups excluding carboxylic acids is 1. The molecule has 2 rings (SSSR count). The fourth-order valence-electron chi connectivity index (χ4n) is 3.71. The predicted octanol–water partition coefficient (Wildman–Crippen LogP) is -4.63. The second kappa shape index (κ2) is 9.14. The van der Waals surface area contributed by atoms with Gasteiger partial charge in [-0.15, -0.1) is 0 Å². The number of Topliss-reactive ketones (excluding diaryl/α,β-unsaturated/α-hetero) is 1. The summed E-state index contributed by atoms with van der Waals surface area (Å²) in [7, 11) is 1.24. The average molecular weight is 487 g/mol. The van der Waals surface area contributed by atoms with Crippen LogP contribution in [0.4, 0.5) is 17.6 Å². The van der Waals surface area contributed by atoms with Crippen molar-refractivity contribution in [3.63, 3.8) is 0 Å². The smallest absolute Gasteiger partial charge is 0.317 e. The SMILES string of the molecule is CCCNc1cc(N(C)C2C(C)C(O)(O)C(O)(O)N(CC(=O)C(O)(O)C#N)C2(O)O)nc(N)n1. The van der Waals surface area contributed by atoms with Gasteiger partial charge in [0.15, 0.2) is 0 Å². The third-order valence-corrected chi connectivity index (χ3v) is 5.68.